The van der Waals surface area contributed by atoms with Gasteiger partial charge in [0.1, 0.15) is 5.75 Å². The normalized spacial score (nSPS) is 24.4. The van der Waals surface area contributed by atoms with E-state index in [1.165, 1.54) is 31.2 Å². The van der Waals surface area contributed by atoms with Crippen LogP contribution in [0.2, 0.25) is 0 Å². The third-order valence-corrected chi connectivity index (χ3v) is 4.35. The first-order valence-corrected chi connectivity index (χ1v) is 7.53. The van der Waals surface area contributed by atoms with E-state index in [9.17, 15) is 0 Å². The number of ether oxygens (including phenoxy) is 1. The SMILES string of the molecule is CCOc1cncc(C(NC)C2CCC(CC)C2)c1. The summed E-state index contributed by atoms with van der Waals surface area (Å²) in [6, 6.07) is 2.54. The van der Waals surface area contributed by atoms with Crippen LogP contribution in [0.25, 0.3) is 0 Å². The quantitative estimate of drug-likeness (QED) is 0.851. The zero-order chi connectivity index (χ0) is 13.7. The maximum atomic E-state index is 5.56. The molecule has 1 aromatic rings. The van der Waals surface area contributed by atoms with Crippen LogP contribution in [0.5, 0.6) is 5.75 Å². The maximum Gasteiger partial charge on any atom is 0.137 e. The Balaban J connectivity index is 2.10. The van der Waals surface area contributed by atoms with Gasteiger partial charge >= 0.3 is 0 Å². The zero-order valence-electron chi connectivity index (χ0n) is 12.4. The van der Waals surface area contributed by atoms with Crippen molar-refractivity contribution < 1.29 is 4.74 Å². The smallest absolute Gasteiger partial charge is 0.137 e. The van der Waals surface area contributed by atoms with E-state index in [0.29, 0.717) is 12.6 Å². The van der Waals surface area contributed by atoms with E-state index in [1.54, 1.807) is 6.20 Å². The molecule has 1 aliphatic carbocycles. The Morgan fingerprint density at radius 3 is 2.84 bits per heavy atom. The highest BCUT2D eigenvalue weighted by molar-refractivity contribution is 5.26. The van der Waals surface area contributed by atoms with Gasteiger partial charge in [0, 0.05) is 12.2 Å². The van der Waals surface area contributed by atoms with Crippen LogP contribution in [-0.4, -0.2) is 18.6 Å². The Labute approximate surface area is 116 Å². The van der Waals surface area contributed by atoms with Gasteiger partial charge in [-0.05, 0) is 50.3 Å². The summed E-state index contributed by atoms with van der Waals surface area (Å²) in [5.74, 6) is 2.52. The summed E-state index contributed by atoms with van der Waals surface area (Å²) in [7, 11) is 2.05. The standard InChI is InChI=1S/C16H26N2O/c1-4-12-6-7-13(8-12)16(17-3)14-9-15(19-5-2)11-18-10-14/h9-13,16-17H,4-8H2,1-3H3. The van der Waals surface area contributed by atoms with Crippen LogP contribution in [0.3, 0.4) is 0 Å². The summed E-state index contributed by atoms with van der Waals surface area (Å²) in [4.78, 5) is 4.32. The van der Waals surface area contributed by atoms with Crippen LogP contribution in [0.1, 0.15) is 51.1 Å². The average molecular weight is 262 g/mol. The lowest BCUT2D eigenvalue weighted by Gasteiger charge is -2.24. The molecule has 106 valence electrons. The molecule has 3 unspecified atom stereocenters. The van der Waals surface area contributed by atoms with Gasteiger partial charge in [-0.1, -0.05) is 19.8 Å². The number of pyridine rings is 1. The van der Waals surface area contributed by atoms with E-state index in [-0.39, 0.29) is 0 Å². The number of nitrogens with one attached hydrogen (secondary N) is 1. The molecule has 1 saturated carbocycles. The van der Waals surface area contributed by atoms with Crippen molar-refractivity contribution in [3.8, 4) is 5.75 Å². The molecule has 0 amide bonds. The van der Waals surface area contributed by atoms with Crippen LogP contribution in [0.4, 0.5) is 0 Å². The molecule has 1 fully saturated rings. The van der Waals surface area contributed by atoms with Gasteiger partial charge in [0.2, 0.25) is 0 Å². The van der Waals surface area contributed by atoms with Crippen LogP contribution in [0, 0.1) is 11.8 Å². The molecule has 3 nitrogen and oxygen atoms in total. The Kier molecular flexibility index (Phi) is 5.20. The van der Waals surface area contributed by atoms with Gasteiger partial charge in [0.05, 0.1) is 12.8 Å². The molecule has 3 heteroatoms. The lowest BCUT2D eigenvalue weighted by molar-refractivity contribution is 0.334. The summed E-state index contributed by atoms with van der Waals surface area (Å²) in [5, 5.41) is 3.48. The van der Waals surface area contributed by atoms with E-state index < -0.39 is 0 Å². The van der Waals surface area contributed by atoms with E-state index >= 15 is 0 Å². The predicted molar refractivity (Wildman–Crippen MR) is 78.3 cm³/mol. The van der Waals surface area contributed by atoms with Crippen molar-refractivity contribution in [2.45, 2.75) is 45.6 Å². The van der Waals surface area contributed by atoms with Gasteiger partial charge < -0.3 is 10.1 Å². The number of hydrogen-bond acceptors (Lipinski definition) is 3. The molecule has 0 aliphatic heterocycles. The first-order chi connectivity index (χ1) is 9.28. The van der Waals surface area contributed by atoms with Crippen molar-refractivity contribution >= 4 is 0 Å². The van der Waals surface area contributed by atoms with Gasteiger partial charge in [0.25, 0.3) is 0 Å². The average Bonchev–Trinajstić information content (AvgIpc) is 2.89. The highest BCUT2D eigenvalue weighted by Crippen LogP contribution is 2.40. The molecular formula is C16H26N2O. The molecule has 19 heavy (non-hydrogen) atoms. The Morgan fingerprint density at radius 2 is 2.21 bits per heavy atom. The number of hydrogen-bond donors (Lipinski definition) is 1. The van der Waals surface area contributed by atoms with Crippen molar-refractivity contribution in [3.63, 3.8) is 0 Å². The second-order valence-electron chi connectivity index (χ2n) is 5.50. The van der Waals surface area contributed by atoms with Crippen molar-refractivity contribution in [1.82, 2.24) is 10.3 Å². The summed E-state index contributed by atoms with van der Waals surface area (Å²) in [6.45, 7) is 5.00. The van der Waals surface area contributed by atoms with Crippen LogP contribution in [-0.2, 0) is 0 Å². The summed E-state index contributed by atoms with van der Waals surface area (Å²) in [6.07, 6.45) is 9.11. The molecule has 1 heterocycles. The second-order valence-corrected chi connectivity index (χ2v) is 5.50. The fourth-order valence-corrected chi connectivity index (χ4v) is 3.31. The molecule has 1 aliphatic rings. The number of rotatable bonds is 6. The van der Waals surface area contributed by atoms with Crippen molar-refractivity contribution in [3.05, 3.63) is 24.0 Å². The Morgan fingerprint density at radius 1 is 1.37 bits per heavy atom. The van der Waals surface area contributed by atoms with Gasteiger partial charge in [-0.15, -0.1) is 0 Å². The monoisotopic (exact) mass is 262 g/mol. The minimum absolute atomic E-state index is 0.407. The largest absolute Gasteiger partial charge is 0.492 e. The van der Waals surface area contributed by atoms with Crippen LogP contribution in [0.15, 0.2) is 18.5 Å². The summed E-state index contributed by atoms with van der Waals surface area (Å²) < 4.78 is 5.56. The fourth-order valence-electron chi connectivity index (χ4n) is 3.31. The summed E-state index contributed by atoms with van der Waals surface area (Å²) in [5.41, 5.74) is 1.26. The molecular weight excluding hydrogens is 236 g/mol. The Hall–Kier alpha value is -1.09. The molecule has 3 atom stereocenters. The molecule has 0 spiro atoms. The van der Waals surface area contributed by atoms with Crippen molar-refractivity contribution in [2.75, 3.05) is 13.7 Å². The van der Waals surface area contributed by atoms with E-state index in [1.807, 2.05) is 13.1 Å². The highest BCUT2D eigenvalue weighted by atomic mass is 16.5. The third kappa shape index (κ3) is 3.47. The fraction of sp³-hybridized carbons (Fsp3) is 0.688. The molecule has 0 aromatic carbocycles. The number of nitrogens with zero attached hydrogens (tertiary/aromatic N) is 1. The minimum atomic E-state index is 0.407. The third-order valence-electron chi connectivity index (χ3n) is 4.35. The lowest BCUT2D eigenvalue weighted by Crippen LogP contribution is -2.24. The predicted octanol–water partition coefficient (Wildman–Crippen LogP) is 3.57. The van der Waals surface area contributed by atoms with Gasteiger partial charge in [-0.2, -0.15) is 0 Å². The molecule has 1 aromatic heterocycles. The first kappa shape index (κ1) is 14.3. The van der Waals surface area contributed by atoms with E-state index in [2.05, 4.69) is 30.3 Å². The number of aromatic nitrogens is 1. The van der Waals surface area contributed by atoms with Gasteiger partial charge in [-0.3, -0.25) is 4.98 Å². The van der Waals surface area contributed by atoms with E-state index in [0.717, 1.165) is 17.6 Å². The molecule has 0 saturated heterocycles. The van der Waals surface area contributed by atoms with Crippen molar-refractivity contribution in [2.24, 2.45) is 11.8 Å². The molecule has 0 radical (unpaired) electrons. The first-order valence-electron chi connectivity index (χ1n) is 7.53. The second kappa shape index (κ2) is 6.90. The van der Waals surface area contributed by atoms with Gasteiger partial charge in [0.15, 0.2) is 0 Å². The Bertz CT molecular complexity index is 394. The van der Waals surface area contributed by atoms with E-state index in [4.69, 9.17) is 4.74 Å². The van der Waals surface area contributed by atoms with Crippen LogP contribution < -0.4 is 10.1 Å². The topological polar surface area (TPSA) is 34.1 Å². The molecule has 1 N–H and O–H groups in total. The maximum absolute atomic E-state index is 5.56. The molecule has 2 rings (SSSR count). The molecule has 0 bridgehead atoms. The highest BCUT2D eigenvalue weighted by Gasteiger charge is 2.30. The van der Waals surface area contributed by atoms with Gasteiger partial charge in [-0.25, -0.2) is 0 Å². The lowest BCUT2D eigenvalue weighted by atomic mass is 9.91. The minimum Gasteiger partial charge on any atom is -0.492 e. The van der Waals surface area contributed by atoms with Crippen molar-refractivity contribution in [1.29, 1.82) is 0 Å². The van der Waals surface area contributed by atoms with Crippen LogP contribution >= 0.6 is 0 Å². The zero-order valence-corrected chi connectivity index (χ0v) is 12.4. The summed E-state index contributed by atoms with van der Waals surface area (Å²) >= 11 is 0.